The van der Waals surface area contributed by atoms with Gasteiger partial charge in [0.15, 0.2) is 11.5 Å². The zero-order valence-electron chi connectivity index (χ0n) is 19.3. The SMILES string of the molecule is COc1ccc(CNC(=O)c2cccc([C@H]3CCCN(C(=O)NC(C)C)C3)c2)cc1OC. The average molecular weight is 440 g/mol. The number of carbonyl (C=O) groups is 2. The Morgan fingerprint density at radius 2 is 1.88 bits per heavy atom. The highest BCUT2D eigenvalue weighted by molar-refractivity contribution is 5.94. The number of piperidine rings is 1. The minimum atomic E-state index is -0.133. The molecule has 0 radical (unpaired) electrons. The van der Waals surface area contributed by atoms with Gasteiger partial charge in [0.05, 0.1) is 14.2 Å². The predicted octanol–water partition coefficient (Wildman–Crippen LogP) is 3.93. The third kappa shape index (κ3) is 5.93. The predicted molar refractivity (Wildman–Crippen MR) is 124 cm³/mol. The number of amides is 3. The van der Waals surface area contributed by atoms with Crippen molar-refractivity contribution >= 4 is 11.9 Å². The van der Waals surface area contributed by atoms with Crippen LogP contribution in [-0.4, -0.2) is 50.2 Å². The van der Waals surface area contributed by atoms with Crippen LogP contribution >= 0.6 is 0 Å². The van der Waals surface area contributed by atoms with Gasteiger partial charge in [0.1, 0.15) is 0 Å². The summed E-state index contributed by atoms with van der Waals surface area (Å²) in [4.78, 5) is 27.1. The van der Waals surface area contributed by atoms with Crippen molar-refractivity contribution in [1.82, 2.24) is 15.5 Å². The van der Waals surface area contributed by atoms with Crippen LogP contribution in [0.3, 0.4) is 0 Å². The van der Waals surface area contributed by atoms with Crippen LogP contribution < -0.4 is 20.1 Å². The van der Waals surface area contributed by atoms with E-state index < -0.39 is 0 Å². The fourth-order valence-corrected chi connectivity index (χ4v) is 3.98. The topological polar surface area (TPSA) is 79.9 Å². The summed E-state index contributed by atoms with van der Waals surface area (Å²) in [5, 5.41) is 5.94. The van der Waals surface area contributed by atoms with Crippen molar-refractivity contribution in [2.24, 2.45) is 0 Å². The number of nitrogens with zero attached hydrogens (tertiary/aromatic N) is 1. The molecule has 3 rings (SSSR count). The third-order valence-corrected chi connectivity index (χ3v) is 5.64. The Morgan fingerprint density at radius 1 is 1.09 bits per heavy atom. The summed E-state index contributed by atoms with van der Waals surface area (Å²) in [5.41, 5.74) is 2.63. The molecule has 1 fully saturated rings. The standard InChI is InChI=1S/C25H33N3O4/c1-17(2)27-25(30)28-12-6-9-21(16-28)19-7-5-8-20(14-19)24(29)26-15-18-10-11-22(31-3)23(13-18)32-4/h5,7-8,10-11,13-14,17,21H,6,9,12,15-16H2,1-4H3,(H,26,29)(H,27,30)/t21-/m0/s1. The zero-order valence-corrected chi connectivity index (χ0v) is 19.3. The summed E-state index contributed by atoms with van der Waals surface area (Å²) >= 11 is 0. The van der Waals surface area contributed by atoms with E-state index in [1.165, 1.54) is 0 Å². The van der Waals surface area contributed by atoms with Crippen molar-refractivity contribution in [3.8, 4) is 11.5 Å². The average Bonchev–Trinajstić information content (AvgIpc) is 2.82. The fourth-order valence-electron chi connectivity index (χ4n) is 3.98. The van der Waals surface area contributed by atoms with Crippen LogP contribution in [0.5, 0.6) is 11.5 Å². The van der Waals surface area contributed by atoms with Gasteiger partial charge in [-0.1, -0.05) is 18.2 Å². The number of likely N-dealkylation sites (tertiary alicyclic amines) is 1. The molecule has 1 atom stereocenters. The Balaban J connectivity index is 1.64. The molecule has 2 aromatic carbocycles. The van der Waals surface area contributed by atoms with Crippen molar-refractivity contribution < 1.29 is 19.1 Å². The second kappa shape index (κ2) is 10.9. The minimum absolute atomic E-state index is 0.0199. The number of ether oxygens (including phenoxy) is 2. The van der Waals surface area contributed by atoms with Crippen LogP contribution in [0.1, 0.15) is 54.1 Å². The Bertz CT molecular complexity index is 945. The van der Waals surface area contributed by atoms with Gasteiger partial charge in [-0.3, -0.25) is 4.79 Å². The first kappa shape index (κ1) is 23.4. The number of rotatable bonds is 7. The third-order valence-electron chi connectivity index (χ3n) is 5.64. The lowest BCUT2D eigenvalue weighted by Gasteiger charge is -2.33. The van der Waals surface area contributed by atoms with E-state index in [-0.39, 0.29) is 23.9 Å². The number of nitrogens with one attached hydrogen (secondary N) is 2. The summed E-state index contributed by atoms with van der Waals surface area (Å²) in [6.07, 6.45) is 1.95. The van der Waals surface area contributed by atoms with E-state index in [0.29, 0.717) is 30.2 Å². The maximum Gasteiger partial charge on any atom is 0.317 e. The molecule has 1 saturated heterocycles. The maximum absolute atomic E-state index is 12.8. The number of methoxy groups -OCH3 is 2. The molecular formula is C25H33N3O4. The molecule has 0 aromatic heterocycles. The smallest absolute Gasteiger partial charge is 0.317 e. The van der Waals surface area contributed by atoms with Crippen molar-refractivity contribution in [2.45, 2.75) is 45.2 Å². The minimum Gasteiger partial charge on any atom is -0.493 e. The largest absolute Gasteiger partial charge is 0.493 e. The molecule has 0 unspecified atom stereocenters. The molecule has 172 valence electrons. The van der Waals surface area contributed by atoms with E-state index in [1.807, 2.05) is 61.2 Å². The van der Waals surface area contributed by atoms with Crippen molar-refractivity contribution in [3.05, 3.63) is 59.2 Å². The lowest BCUT2D eigenvalue weighted by Crippen LogP contribution is -2.47. The monoisotopic (exact) mass is 439 g/mol. The summed E-state index contributed by atoms with van der Waals surface area (Å²) in [5.74, 6) is 1.37. The summed E-state index contributed by atoms with van der Waals surface area (Å²) in [7, 11) is 3.18. The Kier molecular flexibility index (Phi) is 7.98. The quantitative estimate of drug-likeness (QED) is 0.685. The van der Waals surface area contributed by atoms with Gasteiger partial charge in [-0.05, 0) is 62.1 Å². The lowest BCUT2D eigenvalue weighted by molar-refractivity contribution is 0.0950. The van der Waals surface area contributed by atoms with Gasteiger partial charge in [-0.25, -0.2) is 4.79 Å². The van der Waals surface area contributed by atoms with E-state index in [0.717, 1.165) is 30.5 Å². The summed E-state index contributed by atoms with van der Waals surface area (Å²) in [6, 6.07) is 13.4. The van der Waals surface area contributed by atoms with Gasteiger partial charge >= 0.3 is 6.03 Å². The lowest BCUT2D eigenvalue weighted by atomic mass is 9.89. The van der Waals surface area contributed by atoms with Crippen molar-refractivity contribution in [1.29, 1.82) is 0 Å². The second-order valence-electron chi connectivity index (χ2n) is 8.39. The fraction of sp³-hybridized carbons (Fsp3) is 0.440. The van der Waals surface area contributed by atoms with Crippen LogP contribution in [0.15, 0.2) is 42.5 Å². The first-order valence-corrected chi connectivity index (χ1v) is 11.1. The number of carbonyl (C=O) groups excluding carboxylic acids is 2. The van der Waals surface area contributed by atoms with Crippen LogP contribution in [0.25, 0.3) is 0 Å². The molecule has 7 heteroatoms. The number of hydrogen-bond donors (Lipinski definition) is 2. The van der Waals surface area contributed by atoms with E-state index >= 15 is 0 Å². The van der Waals surface area contributed by atoms with E-state index in [1.54, 1.807) is 14.2 Å². The molecule has 1 aliphatic rings. The molecule has 32 heavy (non-hydrogen) atoms. The molecule has 2 N–H and O–H groups in total. The van der Waals surface area contributed by atoms with E-state index in [9.17, 15) is 9.59 Å². The molecule has 1 aliphatic heterocycles. The normalized spacial score (nSPS) is 15.9. The summed E-state index contributed by atoms with van der Waals surface area (Å²) < 4.78 is 10.6. The van der Waals surface area contributed by atoms with E-state index in [2.05, 4.69) is 10.6 Å². The van der Waals surface area contributed by atoms with Gasteiger partial charge in [-0.15, -0.1) is 0 Å². The van der Waals surface area contributed by atoms with Gasteiger partial charge in [-0.2, -0.15) is 0 Å². The molecule has 0 bridgehead atoms. The van der Waals surface area contributed by atoms with Gasteiger partial charge in [0, 0.05) is 37.2 Å². The first-order chi connectivity index (χ1) is 15.4. The van der Waals surface area contributed by atoms with Crippen LogP contribution in [0, 0.1) is 0 Å². The Labute approximate surface area is 190 Å². The van der Waals surface area contributed by atoms with Gasteiger partial charge in [0.2, 0.25) is 0 Å². The van der Waals surface area contributed by atoms with Crippen LogP contribution in [-0.2, 0) is 6.54 Å². The molecule has 7 nitrogen and oxygen atoms in total. The molecule has 0 aliphatic carbocycles. The number of benzene rings is 2. The highest BCUT2D eigenvalue weighted by Crippen LogP contribution is 2.29. The van der Waals surface area contributed by atoms with Crippen LogP contribution in [0.4, 0.5) is 4.79 Å². The zero-order chi connectivity index (χ0) is 23.1. The molecule has 2 aromatic rings. The van der Waals surface area contributed by atoms with Crippen LogP contribution in [0.2, 0.25) is 0 Å². The van der Waals surface area contributed by atoms with Crippen molar-refractivity contribution in [3.63, 3.8) is 0 Å². The first-order valence-electron chi connectivity index (χ1n) is 11.1. The highest BCUT2D eigenvalue weighted by Gasteiger charge is 2.25. The number of hydrogen-bond acceptors (Lipinski definition) is 4. The Hall–Kier alpha value is -3.22. The van der Waals surface area contributed by atoms with Gasteiger partial charge in [0.25, 0.3) is 5.91 Å². The van der Waals surface area contributed by atoms with E-state index in [4.69, 9.17) is 9.47 Å². The molecule has 0 spiro atoms. The van der Waals surface area contributed by atoms with Crippen molar-refractivity contribution in [2.75, 3.05) is 27.3 Å². The molecule has 1 heterocycles. The summed E-state index contributed by atoms with van der Waals surface area (Å²) in [6.45, 7) is 5.73. The van der Waals surface area contributed by atoms with Gasteiger partial charge < -0.3 is 25.0 Å². The Morgan fingerprint density at radius 3 is 2.59 bits per heavy atom. The molecular weight excluding hydrogens is 406 g/mol. The molecule has 3 amide bonds. The second-order valence-corrected chi connectivity index (χ2v) is 8.39. The highest BCUT2D eigenvalue weighted by atomic mass is 16.5. The number of urea groups is 1. The molecule has 0 saturated carbocycles. The maximum atomic E-state index is 12.8.